The highest BCUT2D eigenvalue weighted by Gasteiger charge is 2.38. The second-order valence-corrected chi connectivity index (χ2v) is 4.49. The minimum Gasteiger partial charge on any atom is -0.493 e. The number of methoxy groups -OCH3 is 2. The quantitative estimate of drug-likeness (QED) is 0.822. The highest BCUT2D eigenvalue weighted by molar-refractivity contribution is 5.98. The van der Waals surface area contributed by atoms with Crippen molar-refractivity contribution >= 4 is 5.97 Å². The average molecular weight is 249 g/mol. The van der Waals surface area contributed by atoms with E-state index >= 15 is 0 Å². The maximum Gasteiger partial charge on any atom is 0.344 e. The van der Waals surface area contributed by atoms with Gasteiger partial charge in [-0.05, 0) is 25.0 Å². The number of nitrogens with one attached hydrogen (secondary N) is 1. The smallest absolute Gasteiger partial charge is 0.344 e. The van der Waals surface area contributed by atoms with Crippen molar-refractivity contribution < 1.29 is 19.0 Å². The first-order valence-corrected chi connectivity index (χ1v) is 5.96. The van der Waals surface area contributed by atoms with E-state index in [4.69, 9.17) is 14.2 Å². The summed E-state index contributed by atoms with van der Waals surface area (Å²) in [6.07, 6.45) is 1.91. The fraction of sp³-hybridized carbons (Fsp3) is 0.462. The van der Waals surface area contributed by atoms with Gasteiger partial charge in [0.2, 0.25) is 0 Å². The molecule has 96 valence electrons. The van der Waals surface area contributed by atoms with Crippen LogP contribution in [0.5, 0.6) is 11.5 Å². The van der Waals surface area contributed by atoms with Gasteiger partial charge in [0.25, 0.3) is 0 Å². The molecule has 1 fully saturated rings. The number of carbonyl (C=O) groups is 1. The molecule has 2 aliphatic rings. The van der Waals surface area contributed by atoms with Crippen LogP contribution in [0.3, 0.4) is 0 Å². The van der Waals surface area contributed by atoms with Crippen LogP contribution in [-0.4, -0.2) is 26.2 Å². The molecule has 18 heavy (non-hydrogen) atoms. The Morgan fingerprint density at radius 1 is 1.28 bits per heavy atom. The topological polar surface area (TPSA) is 56.8 Å². The SMILES string of the molecule is COc1ccc2c(c1OC)C(=O)OC2NC1CC1. The Morgan fingerprint density at radius 3 is 2.67 bits per heavy atom. The molecule has 1 N–H and O–H groups in total. The predicted octanol–water partition coefficient (Wildman–Crippen LogP) is 1.62. The van der Waals surface area contributed by atoms with Gasteiger partial charge in [-0.25, -0.2) is 4.79 Å². The molecule has 0 bridgehead atoms. The van der Waals surface area contributed by atoms with Crippen molar-refractivity contribution in [2.45, 2.75) is 25.1 Å². The summed E-state index contributed by atoms with van der Waals surface area (Å²) in [5, 5.41) is 3.29. The van der Waals surface area contributed by atoms with E-state index in [1.54, 1.807) is 13.2 Å². The van der Waals surface area contributed by atoms with Crippen LogP contribution in [0.1, 0.15) is 35.0 Å². The molecule has 1 aliphatic heterocycles. The van der Waals surface area contributed by atoms with Crippen LogP contribution in [0.15, 0.2) is 12.1 Å². The van der Waals surface area contributed by atoms with Gasteiger partial charge in [0, 0.05) is 11.6 Å². The molecule has 1 heterocycles. The van der Waals surface area contributed by atoms with Crippen molar-refractivity contribution in [3.05, 3.63) is 23.3 Å². The largest absolute Gasteiger partial charge is 0.493 e. The molecule has 1 saturated carbocycles. The van der Waals surface area contributed by atoms with E-state index in [2.05, 4.69) is 5.32 Å². The van der Waals surface area contributed by atoms with Crippen molar-refractivity contribution in [2.75, 3.05) is 14.2 Å². The summed E-state index contributed by atoms with van der Waals surface area (Å²) in [6, 6.07) is 4.10. The van der Waals surface area contributed by atoms with Crippen molar-refractivity contribution in [2.24, 2.45) is 0 Å². The lowest BCUT2D eigenvalue weighted by Crippen LogP contribution is -2.23. The zero-order chi connectivity index (χ0) is 12.7. The zero-order valence-corrected chi connectivity index (χ0v) is 10.4. The number of cyclic esters (lactones) is 1. The normalized spacial score (nSPS) is 21.4. The number of ether oxygens (including phenoxy) is 3. The number of fused-ring (bicyclic) bond motifs is 1. The summed E-state index contributed by atoms with van der Waals surface area (Å²) in [5.74, 6) is 0.624. The summed E-state index contributed by atoms with van der Waals surface area (Å²) < 4.78 is 15.8. The van der Waals surface area contributed by atoms with Crippen LogP contribution in [-0.2, 0) is 4.74 Å². The molecule has 0 spiro atoms. The minimum atomic E-state index is -0.362. The molecule has 5 nitrogen and oxygen atoms in total. The fourth-order valence-electron chi connectivity index (χ4n) is 2.19. The minimum absolute atomic E-state index is 0.361. The van der Waals surface area contributed by atoms with E-state index in [-0.39, 0.29) is 12.2 Å². The first-order chi connectivity index (χ1) is 8.74. The van der Waals surface area contributed by atoms with Gasteiger partial charge in [0.1, 0.15) is 5.56 Å². The maximum atomic E-state index is 11.9. The van der Waals surface area contributed by atoms with Crippen molar-refractivity contribution in [1.29, 1.82) is 0 Å². The predicted molar refractivity (Wildman–Crippen MR) is 63.9 cm³/mol. The Kier molecular flexibility index (Phi) is 2.63. The van der Waals surface area contributed by atoms with Gasteiger partial charge in [-0.2, -0.15) is 0 Å². The number of carbonyl (C=O) groups excluding carboxylic acids is 1. The second-order valence-electron chi connectivity index (χ2n) is 4.49. The molecule has 1 unspecified atom stereocenters. The Bertz CT molecular complexity index is 496. The first kappa shape index (κ1) is 11.3. The number of hydrogen-bond acceptors (Lipinski definition) is 5. The van der Waals surface area contributed by atoms with E-state index in [1.165, 1.54) is 7.11 Å². The molecule has 1 atom stereocenters. The number of esters is 1. The van der Waals surface area contributed by atoms with E-state index in [0.717, 1.165) is 18.4 Å². The van der Waals surface area contributed by atoms with Gasteiger partial charge in [0.05, 0.1) is 14.2 Å². The third-order valence-electron chi connectivity index (χ3n) is 3.25. The third-order valence-corrected chi connectivity index (χ3v) is 3.25. The molecule has 0 aromatic heterocycles. The molecule has 1 aliphatic carbocycles. The molecular weight excluding hydrogens is 234 g/mol. The van der Waals surface area contributed by atoms with E-state index in [0.29, 0.717) is 23.1 Å². The van der Waals surface area contributed by atoms with Gasteiger partial charge in [-0.3, -0.25) is 5.32 Å². The van der Waals surface area contributed by atoms with Crippen LogP contribution in [0.25, 0.3) is 0 Å². The molecule has 0 radical (unpaired) electrons. The molecule has 3 rings (SSSR count). The standard InChI is InChI=1S/C13H15NO4/c1-16-9-6-5-8-10(11(9)17-2)13(15)18-12(8)14-7-3-4-7/h5-7,12,14H,3-4H2,1-2H3. The second kappa shape index (κ2) is 4.17. The van der Waals surface area contributed by atoms with E-state index in [9.17, 15) is 4.79 Å². The Morgan fingerprint density at radius 2 is 2.06 bits per heavy atom. The van der Waals surface area contributed by atoms with Crippen LogP contribution in [0.2, 0.25) is 0 Å². The molecule has 0 saturated heterocycles. The lowest BCUT2D eigenvalue weighted by atomic mass is 10.1. The highest BCUT2D eigenvalue weighted by Crippen LogP contribution is 2.41. The Labute approximate surface area is 105 Å². The van der Waals surface area contributed by atoms with Crippen molar-refractivity contribution in [3.63, 3.8) is 0 Å². The van der Waals surface area contributed by atoms with E-state index in [1.807, 2.05) is 6.07 Å². The van der Waals surface area contributed by atoms with Crippen molar-refractivity contribution in [1.82, 2.24) is 5.32 Å². The Balaban J connectivity index is 2.01. The van der Waals surface area contributed by atoms with E-state index < -0.39 is 0 Å². The molecule has 1 aromatic carbocycles. The fourth-order valence-corrected chi connectivity index (χ4v) is 2.19. The first-order valence-electron chi connectivity index (χ1n) is 5.96. The average Bonchev–Trinajstić information content (AvgIpc) is 3.14. The van der Waals surface area contributed by atoms with Gasteiger partial charge in [-0.1, -0.05) is 0 Å². The summed E-state index contributed by atoms with van der Waals surface area (Å²) >= 11 is 0. The van der Waals surface area contributed by atoms with Gasteiger partial charge in [0.15, 0.2) is 17.7 Å². The summed E-state index contributed by atoms with van der Waals surface area (Å²) in [7, 11) is 3.07. The van der Waals surface area contributed by atoms with Crippen LogP contribution in [0, 0.1) is 0 Å². The molecule has 1 aromatic rings. The third kappa shape index (κ3) is 1.71. The van der Waals surface area contributed by atoms with Crippen LogP contribution >= 0.6 is 0 Å². The monoisotopic (exact) mass is 249 g/mol. The summed E-state index contributed by atoms with van der Waals surface area (Å²) in [6.45, 7) is 0. The molecule has 0 amide bonds. The summed E-state index contributed by atoms with van der Waals surface area (Å²) in [4.78, 5) is 11.9. The summed E-state index contributed by atoms with van der Waals surface area (Å²) in [5.41, 5.74) is 1.29. The lowest BCUT2D eigenvalue weighted by molar-refractivity contribution is 0.0302. The van der Waals surface area contributed by atoms with Crippen LogP contribution in [0.4, 0.5) is 0 Å². The van der Waals surface area contributed by atoms with Gasteiger partial charge in [-0.15, -0.1) is 0 Å². The number of rotatable bonds is 4. The van der Waals surface area contributed by atoms with Gasteiger partial charge < -0.3 is 14.2 Å². The zero-order valence-electron chi connectivity index (χ0n) is 10.4. The number of benzene rings is 1. The van der Waals surface area contributed by atoms with Crippen LogP contribution < -0.4 is 14.8 Å². The number of hydrogen-bond donors (Lipinski definition) is 1. The molecule has 5 heteroatoms. The molecular formula is C13H15NO4. The lowest BCUT2D eigenvalue weighted by Gasteiger charge is -2.13. The maximum absolute atomic E-state index is 11.9. The Hall–Kier alpha value is -1.75. The van der Waals surface area contributed by atoms with Crippen molar-refractivity contribution in [3.8, 4) is 11.5 Å². The highest BCUT2D eigenvalue weighted by atomic mass is 16.6. The van der Waals surface area contributed by atoms with Gasteiger partial charge >= 0.3 is 5.97 Å².